The van der Waals surface area contributed by atoms with E-state index in [-0.39, 0.29) is 5.56 Å². The van der Waals surface area contributed by atoms with Crippen molar-refractivity contribution in [1.29, 1.82) is 0 Å². The number of halogens is 1. The van der Waals surface area contributed by atoms with E-state index in [2.05, 4.69) is 15.0 Å². The first-order valence-electron chi connectivity index (χ1n) is 8.39. The molecular weight excluding hydrogens is 416 g/mol. The van der Waals surface area contributed by atoms with Crippen LogP contribution in [-0.2, 0) is 11.3 Å². The fourth-order valence-corrected chi connectivity index (χ4v) is 3.16. The molecular formula is C20H17ClN2O5S. The van der Waals surface area contributed by atoms with Crippen molar-refractivity contribution in [3.63, 3.8) is 0 Å². The largest absolute Gasteiger partial charge is 0.493 e. The number of esters is 1. The molecule has 0 aliphatic carbocycles. The summed E-state index contributed by atoms with van der Waals surface area (Å²) in [5, 5.41) is 4.87. The summed E-state index contributed by atoms with van der Waals surface area (Å²) in [6, 6.07) is 9.29. The lowest BCUT2D eigenvalue weighted by atomic mass is 10.1. The van der Waals surface area contributed by atoms with Crippen LogP contribution in [0.15, 0.2) is 47.3 Å². The first kappa shape index (κ1) is 20.6. The second-order valence-corrected chi connectivity index (χ2v) is 6.90. The number of nitrogens with zero attached hydrogens (tertiary/aromatic N) is 1. The maximum absolute atomic E-state index is 12.7. The number of rotatable bonds is 7. The Morgan fingerprint density at radius 2 is 1.90 bits per heavy atom. The summed E-state index contributed by atoms with van der Waals surface area (Å²) in [7, 11) is 2.77. The number of amides is 1. The minimum absolute atomic E-state index is 0.274. The van der Waals surface area contributed by atoms with Crippen molar-refractivity contribution in [3.8, 4) is 11.5 Å². The Kier molecular flexibility index (Phi) is 6.69. The monoisotopic (exact) mass is 432 g/mol. The quantitative estimate of drug-likeness (QED) is 0.556. The fourth-order valence-electron chi connectivity index (χ4n) is 2.45. The van der Waals surface area contributed by atoms with Crippen molar-refractivity contribution in [2.75, 3.05) is 19.5 Å². The summed E-state index contributed by atoms with van der Waals surface area (Å²) in [6.07, 6.45) is 0. The van der Waals surface area contributed by atoms with Crippen LogP contribution in [0.1, 0.15) is 26.4 Å². The Morgan fingerprint density at radius 3 is 2.59 bits per heavy atom. The van der Waals surface area contributed by atoms with Crippen molar-refractivity contribution in [1.82, 2.24) is 4.98 Å². The Hall–Kier alpha value is -3.10. The molecule has 0 saturated carbocycles. The van der Waals surface area contributed by atoms with Gasteiger partial charge in [-0.25, -0.2) is 9.78 Å². The number of ether oxygens (including phenoxy) is 3. The molecule has 1 aromatic heterocycles. The molecule has 0 fully saturated rings. The number of anilines is 1. The summed E-state index contributed by atoms with van der Waals surface area (Å²) < 4.78 is 15.7. The van der Waals surface area contributed by atoms with E-state index in [1.54, 1.807) is 23.7 Å². The van der Waals surface area contributed by atoms with Gasteiger partial charge < -0.3 is 19.5 Å². The molecule has 0 radical (unpaired) electrons. The third kappa shape index (κ3) is 5.04. The van der Waals surface area contributed by atoms with E-state index in [0.717, 1.165) is 5.69 Å². The van der Waals surface area contributed by atoms with Gasteiger partial charge in [-0.15, -0.1) is 11.3 Å². The number of hydrogen-bond donors (Lipinski definition) is 1. The van der Waals surface area contributed by atoms with Crippen molar-refractivity contribution in [2.45, 2.75) is 6.61 Å². The van der Waals surface area contributed by atoms with Crippen LogP contribution in [0.2, 0.25) is 5.02 Å². The Labute approximate surface area is 176 Å². The number of carbonyl (C=O) groups excluding carboxylic acids is 2. The van der Waals surface area contributed by atoms with E-state index in [1.165, 1.54) is 43.8 Å². The lowest BCUT2D eigenvalue weighted by molar-refractivity contribution is 0.0600. The maximum atomic E-state index is 12.7. The highest BCUT2D eigenvalue weighted by Crippen LogP contribution is 2.30. The van der Waals surface area contributed by atoms with Crippen LogP contribution in [-0.4, -0.2) is 31.1 Å². The van der Waals surface area contributed by atoms with Crippen molar-refractivity contribution >= 4 is 40.5 Å². The van der Waals surface area contributed by atoms with Crippen LogP contribution >= 0.6 is 22.9 Å². The minimum atomic E-state index is -0.527. The molecule has 3 rings (SSSR count). The van der Waals surface area contributed by atoms with Gasteiger partial charge in [0.15, 0.2) is 11.5 Å². The Morgan fingerprint density at radius 1 is 1.10 bits per heavy atom. The van der Waals surface area contributed by atoms with Gasteiger partial charge in [-0.3, -0.25) is 4.79 Å². The van der Waals surface area contributed by atoms with Crippen molar-refractivity contribution in [2.24, 2.45) is 0 Å². The predicted molar refractivity (Wildman–Crippen MR) is 110 cm³/mol. The van der Waals surface area contributed by atoms with Gasteiger partial charge in [-0.1, -0.05) is 11.6 Å². The second kappa shape index (κ2) is 9.40. The molecule has 0 unspecified atom stereocenters. The molecule has 0 aliphatic heterocycles. The van der Waals surface area contributed by atoms with E-state index in [0.29, 0.717) is 34.4 Å². The Bertz CT molecular complexity index is 1020. The molecule has 7 nitrogen and oxygen atoms in total. The molecule has 0 aliphatic rings. The lowest BCUT2D eigenvalue weighted by Gasteiger charge is -2.12. The molecule has 1 N–H and O–H groups in total. The SMILES string of the molecule is COC(=O)c1ccc(Cl)c(NC(=O)c2ccc(OCc3cscn3)c(OC)c2)c1. The summed E-state index contributed by atoms with van der Waals surface area (Å²) in [4.78, 5) is 28.5. The van der Waals surface area contributed by atoms with E-state index in [4.69, 9.17) is 21.1 Å². The zero-order valence-corrected chi connectivity index (χ0v) is 17.2. The number of methoxy groups -OCH3 is 2. The number of carbonyl (C=O) groups is 2. The zero-order chi connectivity index (χ0) is 20.8. The normalized spacial score (nSPS) is 10.3. The molecule has 2 aromatic carbocycles. The van der Waals surface area contributed by atoms with E-state index in [1.807, 2.05) is 5.38 Å². The maximum Gasteiger partial charge on any atom is 0.337 e. The van der Waals surface area contributed by atoms with Crippen LogP contribution in [0, 0.1) is 0 Å². The van der Waals surface area contributed by atoms with Crippen LogP contribution in [0.4, 0.5) is 5.69 Å². The van der Waals surface area contributed by atoms with Gasteiger partial charge in [0.25, 0.3) is 5.91 Å². The lowest BCUT2D eigenvalue weighted by Crippen LogP contribution is -2.13. The average molecular weight is 433 g/mol. The number of thiazole rings is 1. The zero-order valence-electron chi connectivity index (χ0n) is 15.6. The number of aromatic nitrogens is 1. The van der Waals surface area contributed by atoms with Gasteiger partial charge in [0.05, 0.1) is 41.7 Å². The smallest absolute Gasteiger partial charge is 0.337 e. The van der Waals surface area contributed by atoms with Gasteiger partial charge in [0, 0.05) is 10.9 Å². The van der Waals surface area contributed by atoms with Gasteiger partial charge >= 0.3 is 5.97 Å². The average Bonchev–Trinajstić information content (AvgIpc) is 3.26. The van der Waals surface area contributed by atoms with E-state index in [9.17, 15) is 9.59 Å². The molecule has 0 atom stereocenters. The topological polar surface area (TPSA) is 86.8 Å². The van der Waals surface area contributed by atoms with Crippen molar-refractivity contribution < 1.29 is 23.8 Å². The standard InChI is InChI=1S/C20H17ClN2O5S/c1-26-18-8-12(4-6-17(18)28-9-14-10-29-11-22-14)19(24)23-16-7-13(20(25)27-2)3-5-15(16)21/h3-8,10-11H,9H2,1-2H3,(H,23,24). The highest BCUT2D eigenvalue weighted by atomic mass is 35.5. The van der Waals surface area contributed by atoms with Gasteiger partial charge in [0.2, 0.25) is 0 Å². The molecule has 29 heavy (non-hydrogen) atoms. The molecule has 0 saturated heterocycles. The van der Waals surface area contributed by atoms with Crippen LogP contribution < -0.4 is 14.8 Å². The second-order valence-electron chi connectivity index (χ2n) is 5.77. The Balaban J connectivity index is 1.76. The van der Waals surface area contributed by atoms with Gasteiger partial charge in [-0.05, 0) is 36.4 Å². The fraction of sp³-hybridized carbons (Fsp3) is 0.150. The highest BCUT2D eigenvalue weighted by molar-refractivity contribution is 7.07. The minimum Gasteiger partial charge on any atom is -0.493 e. The summed E-state index contributed by atoms with van der Waals surface area (Å²) in [5.74, 6) is -0.0521. The molecule has 3 aromatic rings. The summed E-state index contributed by atoms with van der Waals surface area (Å²) in [5.41, 5.74) is 3.43. The van der Waals surface area contributed by atoms with Crippen LogP contribution in [0.3, 0.4) is 0 Å². The number of benzene rings is 2. The number of hydrogen-bond acceptors (Lipinski definition) is 7. The molecule has 150 valence electrons. The van der Waals surface area contributed by atoms with Crippen LogP contribution in [0.5, 0.6) is 11.5 Å². The van der Waals surface area contributed by atoms with E-state index >= 15 is 0 Å². The molecule has 1 heterocycles. The summed E-state index contributed by atoms with van der Waals surface area (Å²) in [6.45, 7) is 0.293. The molecule has 0 spiro atoms. The molecule has 0 bridgehead atoms. The number of nitrogens with one attached hydrogen (secondary N) is 1. The molecule has 1 amide bonds. The summed E-state index contributed by atoms with van der Waals surface area (Å²) >= 11 is 7.62. The third-order valence-corrected chi connectivity index (χ3v) is 4.89. The first-order valence-corrected chi connectivity index (χ1v) is 9.71. The van der Waals surface area contributed by atoms with Gasteiger partial charge in [0.1, 0.15) is 6.61 Å². The first-order chi connectivity index (χ1) is 14.0. The van der Waals surface area contributed by atoms with E-state index < -0.39 is 11.9 Å². The third-order valence-electron chi connectivity index (χ3n) is 3.92. The predicted octanol–water partition coefficient (Wildman–Crippen LogP) is 4.42. The van der Waals surface area contributed by atoms with Crippen LogP contribution in [0.25, 0.3) is 0 Å². The van der Waals surface area contributed by atoms with Crippen molar-refractivity contribution in [3.05, 3.63) is 69.1 Å². The molecule has 9 heteroatoms. The van der Waals surface area contributed by atoms with Gasteiger partial charge in [-0.2, -0.15) is 0 Å². The highest BCUT2D eigenvalue weighted by Gasteiger charge is 2.15.